The summed E-state index contributed by atoms with van der Waals surface area (Å²) in [4.78, 5) is 30.2. The number of piperazine rings is 1. The van der Waals surface area contributed by atoms with Crippen molar-refractivity contribution in [3.8, 4) is 6.07 Å². The molecule has 1 aromatic rings. The van der Waals surface area contributed by atoms with E-state index in [2.05, 4.69) is 11.0 Å². The summed E-state index contributed by atoms with van der Waals surface area (Å²) in [7, 11) is 0. The van der Waals surface area contributed by atoms with Gasteiger partial charge in [0.1, 0.15) is 17.7 Å². The molecule has 2 saturated heterocycles. The van der Waals surface area contributed by atoms with Crippen LogP contribution in [0.3, 0.4) is 0 Å². The van der Waals surface area contributed by atoms with Gasteiger partial charge in [0, 0.05) is 39.3 Å². The number of carbonyl (C=O) groups excluding carboxylic acids is 2. The first kappa shape index (κ1) is 22.9. The summed E-state index contributed by atoms with van der Waals surface area (Å²) < 4.78 is 10.9. The van der Waals surface area contributed by atoms with Crippen LogP contribution >= 0.6 is 0 Å². The topological polar surface area (TPSA) is 86.1 Å². The molecule has 2 heterocycles. The summed E-state index contributed by atoms with van der Waals surface area (Å²) >= 11 is 0. The Kier molecular flexibility index (Phi) is 7.06. The maximum atomic E-state index is 12.4. The number of amides is 2. The Morgan fingerprint density at radius 2 is 1.55 bits per heavy atom. The standard InChI is InChI=1S/C23H32N4O4/c1-22(2,3)31-21(29)25-11-9-23(18-24,10-12-25)27-15-13-26(14-16-27)20(28)30-17-19-7-5-4-6-8-19/h4-8H,9-17H2,1-3H3. The van der Waals surface area contributed by atoms with Gasteiger partial charge in [-0.15, -0.1) is 0 Å². The zero-order valence-corrected chi connectivity index (χ0v) is 18.7. The van der Waals surface area contributed by atoms with Crippen LogP contribution in [0.25, 0.3) is 0 Å². The second-order valence-electron chi connectivity index (χ2n) is 9.13. The summed E-state index contributed by atoms with van der Waals surface area (Å²) in [6.07, 6.45) is 0.488. The number of rotatable bonds is 3. The van der Waals surface area contributed by atoms with Crippen LogP contribution in [0.2, 0.25) is 0 Å². The average Bonchev–Trinajstić information content (AvgIpc) is 2.77. The van der Waals surface area contributed by atoms with E-state index in [0.717, 1.165) is 5.56 Å². The van der Waals surface area contributed by atoms with Crippen LogP contribution < -0.4 is 0 Å². The molecule has 0 spiro atoms. The Morgan fingerprint density at radius 1 is 0.968 bits per heavy atom. The van der Waals surface area contributed by atoms with Gasteiger partial charge in [-0.2, -0.15) is 5.26 Å². The van der Waals surface area contributed by atoms with Gasteiger partial charge in [-0.3, -0.25) is 4.90 Å². The molecule has 0 bridgehead atoms. The molecular weight excluding hydrogens is 396 g/mol. The molecular formula is C23H32N4O4. The molecule has 3 rings (SSSR count). The molecule has 1 aromatic carbocycles. The van der Waals surface area contributed by atoms with Gasteiger partial charge in [0.25, 0.3) is 0 Å². The third kappa shape index (κ3) is 5.88. The Labute approximate surface area is 184 Å². The minimum Gasteiger partial charge on any atom is -0.445 e. The van der Waals surface area contributed by atoms with Crippen LogP contribution in [-0.2, 0) is 16.1 Å². The fourth-order valence-corrected chi connectivity index (χ4v) is 4.01. The smallest absolute Gasteiger partial charge is 0.410 e. The Hall–Kier alpha value is -2.79. The van der Waals surface area contributed by atoms with Gasteiger partial charge in [-0.1, -0.05) is 30.3 Å². The van der Waals surface area contributed by atoms with Crippen molar-refractivity contribution in [2.24, 2.45) is 0 Å². The van der Waals surface area contributed by atoms with Crippen molar-refractivity contribution in [3.63, 3.8) is 0 Å². The highest BCUT2D eigenvalue weighted by atomic mass is 16.6. The maximum Gasteiger partial charge on any atom is 0.410 e. The van der Waals surface area contributed by atoms with Crippen molar-refractivity contribution in [1.29, 1.82) is 5.26 Å². The van der Waals surface area contributed by atoms with E-state index in [-0.39, 0.29) is 18.8 Å². The average molecular weight is 429 g/mol. The van der Waals surface area contributed by atoms with Gasteiger partial charge in [0.2, 0.25) is 0 Å². The second-order valence-corrected chi connectivity index (χ2v) is 9.13. The number of piperidine rings is 1. The molecule has 2 amide bonds. The summed E-state index contributed by atoms with van der Waals surface area (Å²) in [5.41, 5.74) is -0.195. The van der Waals surface area contributed by atoms with E-state index in [1.165, 1.54) is 0 Å². The Balaban J connectivity index is 1.48. The molecule has 8 heteroatoms. The van der Waals surface area contributed by atoms with Crippen LogP contribution in [0.5, 0.6) is 0 Å². The molecule has 2 fully saturated rings. The number of benzene rings is 1. The Bertz CT molecular complexity index is 799. The first-order valence-electron chi connectivity index (χ1n) is 10.8. The van der Waals surface area contributed by atoms with Gasteiger partial charge in [0.05, 0.1) is 6.07 Å². The van der Waals surface area contributed by atoms with E-state index in [1.54, 1.807) is 9.80 Å². The van der Waals surface area contributed by atoms with E-state index in [0.29, 0.717) is 52.1 Å². The quantitative estimate of drug-likeness (QED) is 0.735. The number of nitriles is 1. The zero-order chi connectivity index (χ0) is 22.5. The Morgan fingerprint density at radius 3 is 2.10 bits per heavy atom. The highest BCUT2D eigenvalue weighted by Crippen LogP contribution is 2.30. The number of likely N-dealkylation sites (tertiary alicyclic amines) is 1. The van der Waals surface area contributed by atoms with Crippen LogP contribution in [-0.4, -0.2) is 77.3 Å². The summed E-state index contributed by atoms with van der Waals surface area (Å²) in [6.45, 7) is 9.03. The second kappa shape index (κ2) is 9.56. The lowest BCUT2D eigenvalue weighted by molar-refractivity contribution is -0.00473. The first-order chi connectivity index (χ1) is 14.7. The molecule has 2 aliphatic heterocycles. The van der Waals surface area contributed by atoms with E-state index in [9.17, 15) is 14.9 Å². The first-order valence-corrected chi connectivity index (χ1v) is 10.8. The summed E-state index contributed by atoms with van der Waals surface area (Å²) in [5.74, 6) is 0. The number of hydrogen-bond donors (Lipinski definition) is 0. The normalized spacial score (nSPS) is 19.4. The minimum absolute atomic E-state index is 0.253. The van der Waals surface area contributed by atoms with Crippen molar-refractivity contribution >= 4 is 12.2 Å². The van der Waals surface area contributed by atoms with Crippen molar-refractivity contribution in [2.45, 2.75) is 51.4 Å². The van der Waals surface area contributed by atoms with Gasteiger partial charge in [-0.25, -0.2) is 9.59 Å². The number of carbonyl (C=O) groups is 2. The molecule has 168 valence electrons. The molecule has 0 aromatic heterocycles. The van der Waals surface area contributed by atoms with Gasteiger partial charge >= 0.3 is 12.2 Å². The number of nitrogens with zero attached hydrogens (tertiary/aromatic N) is 4. The lowest BCUT2D eigenvalue weighted by Gasteiger charge is -2.47. The maximum absolute atomic E-state index is 12.4. The van der Waals surface area contributed by atoms with Crippen molar-refractivity contribution in [3.05, 3.63) is 35.9 Å². The highest BCUT2D eigenvalue weighted by molar-refractivity contribution is 5.68. The fourth-order valence-electron chi connectivity index (χ4n) is 4.01. The summed E-state index contributed by atoms with van der Waals surface area (Å²) in [6, 6.07) is 12.1. The van der Waals surface area contributed by atoms with Gasteiger partial charge < -0.3 is 19.3 Å². The minimum atomic E-state index is -0.613. The van der Waals surface area contributed by atoms with Crippen LogP contribution in [0.4, 0.5) is 9.59 Å². The molecule has 0 atom stereocenters. The lowest BCUT2D eigenvalue weighted by atomic mass is 9.86. The van der Waals surface area contributed by atoms with Crippen molar-refractivity contribution < 1.29 is 19.1 Å². The van der Waals surface area contributed by atoms with E-state index < -0.39 is 11.1 Å². The van der Waals surface area contributed by atoms with E-state index >= 15 is 0 Å². The van der Waals surface area contributed by atoms with E-state index in [1.807, 2.05) is 51.1 Å². The van der Waals surface area contributed by atoms with E-state index in [4.69, 9.17) is 9.47 Å². The van der Waals surface area contributed by atoms with Crippen LogP contribution in [0.15, 0.2) is 30.3 Å². The third-order valence-corrected chi connectivity index (χ3v) is 5.80. The molecule has 0 saturated carbocycles. The SMILES string of the molecule is CC(C)(C)OC(=O)N1CCC(C#N)(N2CCN(C(=O)OCc3ccccc3)CC2)CC1. The monoisotopic (exact) mass is 428 g/mol. The molecule has 0 radical (unpaired) electrons. The number of ether oxygens (including phenoxy) is 2. The number of hydrogen-bond acceptors (Lipinski definition) is 6. The van der Waals surface area contributed by atoms with Crippen LogP contribution in [0, 0.1) is 11.3 Å². The highest BCUT2D eigenvalue weighted by Gasteiger charge is 2.43. The summed E-state index contributed by atoms with van der Waals surface area (Å²) in [5, 5.41) is 9.96. The molecule has 2 aliphatic rings. The molecule has 0 N–H and O–H groups in total. The zero-order valence-electron chi connectivity index (χ0n) is 18.7. The van der Waals surface area contributed by atoms with Crippen molar-refractivity contribution in [1.82, 2.24) is 14.7 Å². The van der Waals surface area contributed by atoms with Crippen molar-refractivity contribution in [2.75, 3.05) is 39.3 Å². The lowest BCUT2D eigenvalue weighted by Crippen LogP contribution is -2.61. The van der Waals surface area contributed by atoms with Gasteiger partial charge in [0.15, 0.2) is 0 Å². The fraction of sp³-hybridized carbons (Fsp3) is 0.609. The van der Waals surface area contributed by atoms with Gasteiger partial charge in [-0.05, 0) is 39.2 Å². The molecule has 31 heavy (non-hydrogen) atoms. The largest absolute Gasteiger partial charge is 0.445 e. The molecule has 0 aliphatic carbocycles. The van der Waals surface area contributed by atoms with Crippen LogP contribution in [0.1, 0.15) is 39.2 Å². The third-order valence-electron chi connectivity index (χ3n) is 5.80. The molecule has 8 nitrogen and oxygen atoms in total. The molecule has 0 unspecified atom stereocenters. The predicted molar refractivity (Wildman–Crippen MR) is 115 cm³/mol. The predicted octanol–water partition coefficient (Wildman–Crippen LogP) is 3.23.